The number of carbonyl (C=O) groups is 2. The molecule has 0 saturated heterocycles. The van der Waals surface area contributed by atoms with E-state index in [1.807, 2.05) is 51.1 Å². The number of ether oxygens (including phenoxy) is 1. The zero-order valence-electron chi connectivity index (χ0n) is 15.8. The molecule has 0 unspecified atom stereocenters. The summed E-state index contributed by atoms with van der Waals surface area (Å²) >= 11 is 0. The van der Waals surface area contributed by atoms with Crippen LogP contribution < -0.4 is 10.2 Å². The van der Waals surface area contributed by atoms with Gasteiger partial charge in [-0.05, 0) is 50.1 Å². The number of nitrogens with one attached hydrogen (secondary N) is 1. The van der Waals surface area contributed by atoms with Crippen molar-refractivity contribution in [2.45, 2.75) is 39.3 Å². The first kappa shape index (κ1) is 19.5. The van der Waals surface area contributed by atoms with Crippen LogP contribution in [0.15, 0.2) is 54.6 Å². The van der Waals surface area contributed by atoms with E-state index in [0.29, 0.717) is 11.3 Å². The van der Waals surface area contributed by atoms with Crippen LogP contribution >= 0.6 is 0 Å². The quantitative estimate of drug-likeness (QED) is 0.837. The number of rotatable bonds is 6. The van der Waals surface area contributed by atoms with Crippen molar-refractivity contribution in [3.63, 3.8) is 0 Å². The van der Waals surface area contributed by atoms with E-state index in [1.165, 1.54) is 4.90 Å². The highest BCUT2D eigenvalue weighted by molar-refractivity contribution is 5.95. The summed E-state index contributed by atoms with van der Waals surface area (Å²) in [5.74, 6) is -0.127. The molecule has 26 heavy (non-hydrogen) atoms. The summed E-state index contributed by atoms with van der Waals surface area (Å²) in [5, 5.41) is 2.99. The van der Waals surface area contributed by atoms with E-state index in [1.54, 1.807) is 31.3 Å². The third-order valence-electron chi connectivity index (χ3n) is 4.33. The fraction of sp³-hybridized carbons (Fsp3) is 0.333. The minimum absolute atomic E-state index is 0.127. The van der Waals surface area contributed by atoms with E-state index < -0.39 is 6.09 Å². The summed E-state index contributed by atoms with van der Waals surface area (Å²) in [5.41, 5.74) is 1.89. The van der Waals surface area contributed by atoms with Gasteiger partial charge in [0.1, 0.15) is 6.61 Å². The number of benzene rings is 2. The summed E-state index contributed by atoms with van der Waals surface area (Å²) in [6.07, 6.45) is 0.394. The van der Waals surface area contributed by atoms with Crippen LogP contribution in [0.3, 0.4) is 0 Å². The Bertz CT molecular complexity index is 740. The highest BCUT2D eigenvalue weighted by Crippen LogP contribution is 2.16. The molecule has 1 N–H and O–H groups in total. The highest BCUT2D eigenvalue weighted by atomic mass is 16.6. The van der Waals surface area contributed by atoms with Gasteiger partial charge in [0.15, 0.2) is 0 Å². The molecule has 0 spiro atoms. The van der Waals surface area contributed by atoms with Gasteiger partial charge >= 0.3 is 6.09 Å². The maximum atomic E-state index is 12.3. The Morgan fingerprint density at radius 1 is 1.04 bits per heavy atom. The number of hydrogen-bond acceptors (Lipinski definition) is 3. The zero-order valence-corrected chi connectivity index (χ0v) is 15.8. The fourth-order valence-corrected chi connectivity index (χ4v) is 2.23. The smallest absolute Gasteiger partial charge is 0.414 e. The molecule has 0 radical (unpaired) electrons. The van der Waals surface area contributed by atoms with Crippen LogP contribution in [-0.2, 0) is 11.3 Å². The molecule has 0 aliphatic carbocycles. The second-order valence-corrected chi connectivity index (χ2v) is 6.84. The van der Waals surface area contributed by atoms with Crippen molar-refractivity contribution in [3.05, 3.63) is 65.7 Å². The number of nitrogens with zero attached hydrogens (tertiary/aromatic N) is 1. The largest absolute Gasteiger partial charge is 0.444 e. The molecular formula is C21H26N2O3. The minimum atomic E-state index is -0.446. The molecule has 0 bridgehead atoms. The van der Waals surface area contributed by atoms with Crippen LogP contribution in [0.5, 0.6) is 0 Å². The summed E-state index contributed by atoms with van der Waals surface area (Å²) in [6.45, 7) is 6.21. The lowest BCUT2D eigenvalue weighted by atomic mass is 10.0. The number of anilines is 1. The average molecular weight is 354 g/mol. The predicted molar refractivity (Wildman–Crippen MR) is 103 cm³/mol. The monoisotopic (exact) mass is 354 g/mol. The van der Waals surface area contributed by atoms with Gasteiger partial charge in [0.2, 0.25) is 0 Å². The molecule has 2 aromatic rings. The van der Waals surface area contributed by atoms with Gasteiger partial charge in [0, 0.05) is 23.8 Å². The Morgan fingerprint density at radius 2 is 1.65 bits per heavy atom. The molecule has 2 aromatic carbocycles. The second-order valence-electron chi connectivity index (χ2n) is 6.84. The van der Waals surface area contributed by atoms with Gasteiger partial charge in [-0.25, -0.2) is 4.79 Å². The van der Waals surface area contributed by atoms with Gasteiger partial charge in [-0.15, -0.1) is 0 Å². The van der Waals surface area contributed by atoms with Crippen LogP contribution in [0.25, 0.3) is 0 Å². The first-order valence-electron chi connectivity index (χ1n) is 8.69. The lowest BCUT2D eigenvalue weighted by Crippen LogP contribution is -2.42. The number of carbonyl (C=O) groups excluding carboxylic acids is 2. The Hall–Kier alpha value is -2.82. The maximum absolute atomic E-state index is 12.3. The van der Waals surface area contributed by atoms with Gasteiger partial charge in [-0.3, -0.25) is 9.69 Å². The third-order valence-corrected chi connectivity index (χ3v) is 4.33. The van der Waals surface area contributed by atoms with E-state index >= 15 is 0 Å². The van der Waals surface area contributed by atoms with Crippen LogP contribution in [0, 0.1) is 0 Å². The molecule has 0 saturated carbocycles. The zero-order chi connectivity index (χ0) is 19.2. The molecule has 2 rings (SSSR count). The Morgan fingerprint density at radius 3 is 2.23 bits per heavy atom. The van der Waals surface area contributed by atoms with E-state index in [-0.39, 0.29) is 18.1 Å². The molecule has 0 aliphatic heterocycles. The Labute approximate surface area is 155 Å². The van der Waals surface area contributed by atoms with Crippen molar-refractivity contribution in [2.75, 3.05) is 11.9 Å². The third kappa shape index (κ3) is 5.34. The summed E-state index contributed by atoms with van der Waals surface area (Å²) in [6, 6.07) is 16.4. The van der Waals surface area contributed by atoms with Crippen LogP contribution in [0.1, 0.15) is 43.1 Å². The normalized spacial score (nSPS) is 10.9. The van der Waals surface area contributed by atoms with Crippen molar-refractivity contribution in [3.8, 4) is 0 Å². The predicted octanol–water partition coefficient (Wildman–Crippen LogP) is 4.38. The van der Waals surface area contributed by atoms with Gasteiger partial charge < -0.3 is 10.1 Å². The van der Waals surface area contributed by atoms with Crippen LogP contribution in [0.2, 0.25) is 0 Å². The fourth-order valence-electron chi connectivity index (χ4n) is 2.23. The molecule has 138 valence electrons. The number of hydrogen-bond donors (Lipinski definition) is 1. The van der Waals surface area contributed by atoms with Gasteiger partial charge in [0.05, 0.1) is 0 Å². The lowest BCUT2D eigenvalue weighted by molar-refractivity contribution is 0.0911. The van der Waals surface area contributed by atoms with Crippen LogP contribution in [0.4, 0.5) is 10.5 Å². The highest BCUT2D eigenvalue weighted by Gasteiger charge is 2.19. The molecule has 0 aliphatic rings. The van der Waals surface area contributed by atoms with Crippen molar-refractivity contribution in [1.82, 2.24) is 5.32 Å². The average Bonchev–Trinajstić information content (AvgIpc) is 2.66. The topological polar surface area (TPSA) is 58.6 Å². The van der Waals surface area contributed by atoms with Crippen LogP contribution in [-0.4, -0.2) is 24.6 Å². The van der Waals surface area contributed by atoms with Crippen molar-refractivity contribution in [2.24, 2.45) is 0 Å². The standard InChI is InChI=1S/C21H26N2O3/c1-5-21(2,3)22-19(24)17-11-13-18(14-12-17)23(4)20(25)26-15-16-9-7-6-8-10-16/h6-14H,5,15H2,1-4H3,(H,22,24). The molecule has 5 heteroatoms. The summed E-state index contributed by atoms with van der Waals surface area (Å²) in [4.78, 5) is 25.9. The van der Waals surface area contributed by atoms with E-state index in [4.69, 9.17) is 4.74 Å². The van der Waals surface area contributed by atoms with Gasteiger partial charge in [0.25, 0.3) is 5.91 Å². The van der Waals surface area contributed by atoms with Crippen molar-refractivity contribution in [1.29, 1.82) is 0 Å². The summed E-state index contributed by atoms with van der Waals surface area (Å²) < 4.78 is 5.31. The van der Waals surface area contributed by atoms with Gasteiger partial charge in [-0.1, -0.05) is 37.3 Å². The molecule has 0 atom stereocenters. The molecule has 0 fully saturated rings. The first-order chi connectivity index (χ1) is 12.3. The SMILES string of the molecule is CCC(C)(C)NC(=O)c1ccc(N(C)C(=O)OCc2ccccc2)cc1. The van der Waals surface area contributed by atoms with Gasteiger partial charge in [-0.2, -0.15) is 0 Å². The van der Waals surface area contributed by atoms with E-state index in [9.17, 15) is 9.59 Å². The second kappa shape index (κ2) is 8.52. The number of amides is 2. The lowest BCUT2D eigenvalue weighted by Gasteiger charge is -2.24. The maximum Gasteiger partial charge on any atom is 0.414 e. The van der Waals surface area contributed by atoms with E-state index in [2.05, 4.69) is 5.32 Å². The molecule has 0 heterocycles. The minimum Gasteiger partial charge on any atom is -0.444 e. The first-order valence-corrected chi connectivity index (χ1v) is 8.69. The Balaban J connectivity index is 1.96. The molecule has 2 amide bonds. The summed E-state index contributed by atoms with van der Waals surface area (Å²) in [7, 11) is 1.64. The molecule has 5 nitrogen and oxygen atoms in total. The molecular weight excluding hydrogens is 328 g/mol. The Kier molecular flexibility index (Phi) is 6.39. The van der Waals surface area contributed by atoms with Crippen molar-refractivity contribution < 1.29 is 14.3 Å². The van der Waals surface area contributed by atoms with Crippen molar-refractivity contribution >= 4 is 17.7 Å². The van der Waals surface area contributed by atoms with E-state index in [0.717, 1.165) is 12.0 Å². The molecule has 0 aromatic heterocycles.